The number of carbonyl (C=O) groups excluding carboxylic acids is 1. The van der Waals surface area contributed by atoms with Gasteiger partial charge in [0.15, 0.2) is 0 Å². The highest BCUT2D eigenvalue weighted by Crippen LogP contribution is 2.72. The summed E-state index contributed by atoms with van der Waals surface area (Å²) in [6, 6.07) is 10.3. The number of hydrogen-bond donors (Lipinski definition) is 1. The van der Waals surface area contributed by atoms with E-state index in [0.717, 1.165) is 41.8 Å². The van der Waals surface area contributed by atoms with Crippen molar-refractivity contribution in [1.82, 2.24) is 14.7 Å². The van der Waals surface area contributed by atoms with Crippen LogP contribution < -0.4 is 0 Å². The fourth-order valence-electron chi connectivity index (χ4n) is 5.56. The molecule has 28 heavy (non-hydrogen) atoms. The summed E-state index contributed by atoms with van der Waals surface area (Å²) in [5.41, 5.74) is 3.95. The van der Waals surface area contributed by atoms with Gasteiger partial charge >= 0.3 is 0 Å². The number of nitrogens with zero attached hydrogens (tertiary/aromatic N) is 3. The van der Waals surface area contributed by atoms with E-state index in [4.69, 9.17) is 0 Å². The van der Waals surface area contributed by atoms with Gasteiger partial charge in [0.25, 0.3) is 0 Å². The van der Waals surface area contributed by atoms with E-state index in [0.29, 0.717) is 13.1 Å². The van der Waals surface area contributed by atoms with Gasteiger partial charge in [0.1, 0.15) is 0 Å². The lowest BCUT2D eigenvalue weighted by molar-refractivity contribution is -0.136. The molecule has 0 unspecified atom stereocenters. The van der Waals surface area contributed by atoms with Gasteiger partial charge in [-0.2, -0.15) is 5.10 Å². The molecule has 1 atom stereocenters. The first-order chi connectivity index (χ1) is 13.4. The Balaban J connectivity index is 1.70. The van der Waals surface area contributed by atoms with Crippen molar-refractivity contribution in [3.8, 4) is 0 Å². The molecule has 5 nitrogen and oxygen atoms in total. The molecule has 0 bridgehead atoms. The molecule has 2 aliphatic carbocycles. The Morgan fingerprint density at radius 1 is 1.21 bits per heavy atom. The number of hydrogen-bond acceptors (Lipinski definition) is 3. The molecule has 0 radical (unpaired) electrons. The largest absolute Gasteiger partial charge is 0.395 e. The molecule has 2 aromatic rings. The van der Waals surface area contributed by atoms with E-state index in [1.165, 1.54) is 12.8 Å². The molecule has 0 aliphatic heterocycles. The van der Waals surface area contributed by atoms with E-state index in [2.05, 4.69) is 17.2 Å². The number of aliphatic hydroxyl groups excluding tert-OH is 1. The summed E-state index contributed by atoms with van der Waals surface area (Å²) < 4.78 is 1.87. The Labute approximate surface area is 167 Å². The molecule has 4 rings (SSSR count). The fraction of sp³-hybridized carbons (Fsp3) is 0.565. The zero-order chi connectivity index (χ0) is 19.9. The van der Waals surface area contributed by atoms with Crippen molar-refractivity contribution < 1.29 is 9.90 Å². The first-order valence-corrected chi connectivity index (χ1v) is 10.4. The monoisotopic (exact) mass is 381 g/mol. The maximum atomic E-state index is 14.0. The van der Waals surface area contributed by atoms with Crippen LogP contribution in [0.5, 0.6) is 0 Å². The van der Waals surface area contributed by atoms with E-state index >= 15 is 0 Å². The molecule has 1 amide bonds. The van der Waals surface area contributed by atoms with Crippen LogP contribution in [0.1, 0.15) is 54.6 Å². The van der Waals surface area contributed by atoms with Gasteiger partial charge in [-0.3, -0.25) is 9.48 Å². The molecule has 2 fully saturated rings. The molecule has 5 heteroatoms. The second kappa shape index (κ2) is 7.03. The Bertz CT molecular complexity index is 867. The van der Waals surface area contributed by atoms with Crippen LogP contribution in [0.4, 0.5) is 0 Å². The van der Waals surface area contributed by atoms with Crippen molar-refractivity contribution in [3.63, 3.8) is 0 Å². The Kier molecular flexibility index (Phi) is 4.82. The Morgan fingerprint density at radius 2 is 1.89 bits per heavy atom. The van der Waals surface area contributed by atoms with Crippen molar-refractivity contribution in [2.45, 2.75) is 57.9 Å². The molecule has 0 saturated heterocycles. The van der Waals surface area contributed by atoms with Gasteiger partial charge in [0.2, 0.25) is 5.91 Å². The lowest BCUT2D eigenvalue weighted by Crippen LogP contribution is -2.43. The van der Waals surface area contributed by atoms with Gasteiger partial charge in [0, 0.05) is 31.4 Å². The average molecular weight is 382 g/mol. The summed E-state index contributed by atoms with van der Waals surface area (Å²) >= 11 is 0. The number of aliphatic hydroxyl groups is 1. The summed E-state index contributed by atoms with van der Waals surface area (Å²) in [6.07, 6.45) is 5.62. The summed E-state index contributed by atoms with van der Waals surface area (Å²) in [4.78, 5) is 15.9. The van der Waals surface area contributed by atoms with Crippen molar-refractivity contribution in [3.05, 3.63) is 52.8 Å². The van der Waals surface area contributed by atoms with Crippen molar-refractivity contribution >= 4 is 5.91 Å². The highest BCUT2D eigenvalue weighted by atomic mass is 16.3. The standard InChI is InChI=1S/C23H31N3O2/c1-17-20(18(2)25(3)24-17)15-26(13-14-27)21(28)23(19-9-5-4-6-10-19)16-22(23)11-7-8-12-22/h4-6,9-10,27H,7-8,11-16H2,1-3H3/t23-/m1/s1. The first kappa shape index (κ1) is 19.2. The average Bonchev–Trinajstić information content (AvgIpc) is 2.97. The van der Waals surface area contributed by atoms with E-state index in [1.807, 2.05) is 48.7 Å². The molecule has 1 aromatic carbocycles. The SMILES string of the molecule is Cc1nn(C)c(C)c1CN(CCO)C(=O)[C@]1(c2ccccc2)CC12CCCC2. The normalized spacial score (nSPS) is 22.6. The predicted octanol–water partition coefficient (Wildman–Crippen LogP) is 3.26. The third-order valence-electron chi connectivity index (χ3n) is 7.24. The zero-order valence-corrected chi connectivity index (χ0v) is 17.2. The van der Waals surface area contributed by atoms with Crippen molar-refractivity contribution in [2.24, 2.45) is 12.5 Å². The van der Waals surface area contributed by atoms with Gasteiger partial charge < -0.3 is 10.0 Å². The minimum Gasteiger partial charge on any atom is -0.395 e. The lowest BCUT2D eigenvalue weighted by atomic mass is 9.83. The number of benzene rings is 1. The molecule has 1 N–H and O–H groups in total. The molecule has 2 aliphatic rings. The smallest absolute Gasteiger partial charge is 0.234 e. The Hall–Kier alpha value is -2.14. The lowest BCUT2D eigenvalue weighted by Gasteiger charge is -2.30. The van der Waals surface area contributed by atoms with E-state index in [1.54, 1.807) is 0 Å². The number of aryl methyl sites for hydroxylation is 2. The van der Waals surface area contributed by atoms with Crippen molar-refractivity contribution in [2.75, 3.05) is 13.2 Å². The molecule has 150 valence electrons. The summed E-state index contributed by atoms with van der Waals surface area (Å²) in [7, 11) is 1.93. The number of rotatable bonds is 6. The van der Waals surface area contributed by atoms with Crippen LogP contribution in [0.2, 0.25) is 0 Å². The van der Waals surface area contributed by atoms with Crippen LogP contribution in [-0.2, 0) is 23.8 Å². The molecule has 1 heterocycles. The number of carbonyl (C=O) groups is 1. The summed E-state index contributed by atoms with van der Waals surface area (Å²) in [6.45, 7) is 4.88. The summed E-state index contributed by atoms with van der Waals surface area (Å²) in [5.74, 6) is 0.178. The van der Waals surface area contributed by atoms with Gasteiger partial charge in [-0.25, -0.2) is 0 Å². The van der Waals surface area contributed by atoms with Crippen molar-refractivity contribution in [1.29, 1.82) is 0 Å². The van der Waals surface area contributed by atoms with Gasteiger partial charge in [-0.05, 0) is 44.1 Å². The fourth-order valence-corrected chi connectivity index (χ4v) is 5.56. The van der Waals surface area contributed by atoms with Gasteiger partial charge in [-0.15, -0.1) is 0 Å². The molecule has 1 spiro atoms. The van der Waals surface area contributed by atoms with Crippen LogP contribution in [0.15, 0.2) is 30.3 Å². The first-order valence-electron chi connectivity index (χ1n) is 10.4. The Morgan fingerprint density at radius 3 is 2.46 bits per heavy atom. The number of aromatic nitrogens is 2. The highest BCUT2D eigenvalue weighted by molar-refractivity contribution is 5.93. The van der Waals surface area contributed by atoms with E-state index in [9.17, 15) is 9.90 Å². The maximum Gasteiger partial charge on any atom is 0.234 e. The molecular formula is C23H31N3O2. The molecular weight excluding hydrogens is 350 g/mol. The minimum atomic E-state index is -0.427. The third-order valence-corrected chi connectivity index (χ3v) is 7.24. The van der Waals surface area contributed by atoms with Crippen LogP contribution >= 0.6 is 0 Å². The highest BCUT2D eigenvalue weighted by Gasteiger charge is 2.73. The van der Waals surface area contributed by atoms with Crippen LogP contribution in [0.3, 0.4) is 0 Å². The zero-order valence-electron chi connectivity index (χ0n) is 17.2. The van der Waals surface area contributed by atoms with E-state index in [-0.39, 0.29) is 17.9 Å². The van der Waals surface area contributed by atoms with Crippen LogP contribution in [0.25, 0.3) is 0 Å². The third kappa shape index (κ3) is 2.79. The quantitative estimate of drug-likeness (QED) is 0.836. The molecule has 2 saturated carbocycles. The topological polar surface area (TPSA) is 58.4 Å². The van der Waals surface area contributed by atoms with Gasteiger partial charge in [-0.1, -0.05) is 43.2 Å². The van der Waals surface area contributed by atoms with E-state index < -0.39 is 5.41 Å². The molecule has 1 aromatic heterocycles. The van der Waals surface area contributed by atoms with Crippen LogP contribution in [-0.4, -0.2) is 38.8 Å². The number of amides is 1. The second-order valence-corrected chi connectivity index (χ2v) is 8.66. The minimum absolute atomic E-state index is 0.0258. The second-order valence-electron chi connectivity index (χ2n) is 8.66. The maximum absolute atomic E-state index is 14.0. The predicted molar refractivity (Wildman–Crippen MR) is 109 cm³/mol. The summed E-state index contributed by atoms with van der Waals surface area (Å²) in [5, 5.41) is 14.2. The van der Waals surface area contributed by atoms with Crippen LogP contribution in [0, 0.1) is 19.3 Å². The van der Waals surface area contributed by atoms with Gasteiger partial charge in [0.05, 0.1) is 17.7 Å².